The van der Waals surface area contributed by atoms with Gasteiger partial charge in [0.25, 0.3) is 0 Å². The molecule has 2 aliphatic rings. The molecule has 0 saturated carbocycles. The van der Waals surface area contributed by atoms with E-state index in [0.29, 0.717) is 0 Å². The van der Waals surface area contributed by atoms with E-state index in [9.17, 15) is 19.5 Å². The van der Waals surface area contributed by atoms with E-state index in [1.54, 1.807) is 13.8 Å². The zero-order valence-electron chi connectivity index (χ0n) is 18.7. The maximum Gasteiger partial charge on any atom is 0.408 e. The first-order valence-electron chi connectivity index (χ1n) is 11.1. The average molecular weight is 453 g/mol. The number of nitrogens with one attached hydrogen (secondary N) is 2. The molecule has 2 aromatic carbocycles. The molecule has 2 atom stereocenters. The molecular weight excluding hydrogens is 424 g/mol. The number of carbonyl (C=O) groups excluding carboxylic acids is 2. The lowest BCUT2D eigenvalue weighted by Gasteiger charge is -2.29. The predicted molar refractivity (Wildman–Crippen MR) is 121 cm³/mol. The maximum atomic E-state index is 13.0. The minimum atomic E-state index is -1.37. The summed E-state index contributed by atoms with van der Waals surface area (Å²) in [6.45, 7) is 3.75. The molecule has 0 aromatic heterocycles. The molecule has 2 unspecified atom stereocenters. The average Bonchev–Trinajstić information content (AvgIpc) is 3.39. The van der Waals surface area contributed by atoms with Crippen LogP contribution in [0, 0.1) is 5.92 Å². The van der Waals surface area contributed by atoms with Crippen LogP contribution in [0.25, 0.3) is 11.1 Å². The highest BCUT2D eigenvalue weighted by atomic mass is 16.6. The van der Waals surface area contributed by atoms with Gasteiger partial charge in [-0.05, 0) is 28.2 Å². The molecule has 33 heavy (non-hydrogen) atoms. The predicted octanol–water partition coefficient (Wildman–Crippen LogP) is 2.91. The van der Waals surface area contributed by atoms with Gasteiger partial charge in [0.2, 0.25) is 5.91 Å². The second-order valence-corrected chi connectivity index (χ2v) is 8.87. The van der Waals surface area contributed by atoms with Crippen molar-refractivity contribution in [2.75, 3.05) is 19.8 Å². The lowest BCUT2D eigenvalue weighted by molar-refractivity contribution is -0.144. The SMILES string of the molecule is CC(C)C(NC(=O)C1(NC(=O)OCC2c3ccccc3-c3ccccc32)CCOC1)C(=O)O. The van der Waals surface area contributed by atoms with Crippen molar-refractivity contribution in [1.82, 2.24) is 10.6 Å². The Balaban J connectivity index is 1.45. The van der Waals surface area contributed by atoms with Crippen LogP contribution >= 0.6 is 0 Å². The van der Waals surface area contributed by atoms with Crippen molar-refractivity contribution in [3.63, 3.8) is 0 Å². The summed E-state index contributed by atoms with van der Waals surface area (Å²) >= 11 is 0. The van der Waals surface area contributed by atoms with E-state index in [2.05, 4.69) is 22.8 Å². The molecule has 2 aromatic rings. The van der Waals surface area contributed by atoms with E-state index in [1.165, 1.54) is 0 Å². The lowest BCUT2D eigenvalue weighted by atomic mass is 9.95. The van der Waals surface area contributed by atoms with Crippen molar-refractivity contribution in [2.45, 2.75) is 37.8 Å². The summed E-state index contributed by atoms with van der Waals surface area (Å²) in [7, 11) is 0. The molecule has 1 saturated heterocycles. The van der Waals surface area contributed by atoms with Crippen LogP contribution in [0.15, 0.2) is 48.5 Å². The van der Waals surface area contributed by atoms with Crippen LogP contribution < -0.4 is 10.6 Å². The molecule has 0 bridgehead atoms. The fraction of sp³-hybridized carbons (Fsp3) is 0.400. The summed E-state index contributed by atoms with van der Waals surface area (Å²) < 4.78 is 11.0. The standard InChI is InChI=1S/C25H28N2O6/c1-15(2)21(22(28)29)26-23(30)25(11-12-32-14-25)27-24(31)33-13-20-18-9-5-3-7-16(18)17-8-4-6-10-19(17)20/h3-10,15,20-21H,11-14H2,1-2H3,(H,26,30)(H,27,31)(H,28,29). The molecule has 2 amide bonds. The highest BCUT2D eigenvalue weighted by Crippen LogP contribution is 2.44. The first kappa shape index (κ1) is 22.8. The van der Waals surface area contributed by atoms with Gasteiger partial charge in [0.1, 0.15) is 18.2 Å². The number of benzene rings is 2. The van der Waals surface area contributed by atoms with Gasteiger partial charge in [0.15, 0.2) is 0 Å². The van der Waals surface area contributed by atoms with Crippen LogP contribution in [-0.2, 0) is 19.1 Å². The number of carboxylic acids is 1. The molecule has 0 spiro atoms. The van der Waals surface area contributed by atoms with Crippen LogP contribution in [0.3, 0.4) is 0 Å². The van der Waals surface area contributed by atoms with Gasteiger partial charge in [-0.1, -0.05) is 62.4 Å². The maximum absolute atomic E-state index is 13.0. The number of carbonyl (C=O) groups is 3. The van der Waals surface area contributed by atoms with Gasteiger partial charge in [-0.25, -0.2) is 9.59 Å². The Morgan fingerprint density at radius 2 is 1.70 bits per heavy atom. The molecule has 174 valence electrons. The molecular formula is C25H28N2O6. The van der Waals surface area contributed by atoms with Crippen molar-refractivity contribution < 1.29 is 29.0 Å². The largest absolute Gasteiger partial charge is 0.480 e. The molecule has 0 radical (unpaired) electrons. The van der Waals surface area contributed by atoms with E-state index in [0.717, 1.165) is 22.3 Å². The van der Waals surface area contributed by atoms with Crippen molar-refractivity contribution in [2.24, 2.45) is 5.92 Å². The summed E-state index contributed by atoms with van der Waals surface area (Å²) in [5, 5.41) is 14.6. The Hall–Kier alpha value is -3.39. The van der Waals surface area contributed by atoms with Crippen LogP contribution in [0.2, 0.25) is 0 Å². The third-order valence-corrected chi connectivity index (χ3v) is 6.36. The van der Waals surface area contributed by atoms with Gasteiger partial charge in [-0.15, -0.1) is 0 Å². The van der Waals surface area contributed by atoms with Gasteiger partial charge >= 0.3 is 12.1 Å². The molecule has 3 N–H and O–H groups in total. The third kappa shape index (κ3) is 4.43. The quantitative estimate of drug-likeness (QED) is 0.595. The molecule has 1 heterocycles. The van der Waals surface area contributed by atoms with Crippen molar-refractivity contribution in [3.05, 3.63) is 59.7 Å². The zero-order valence-corrected chi connectivity index (χ0v) is 18.7. The Morgan fingerprint density at radius 1 is 1.09 bits per heavy atom. The number of hydrogen-bond donors (Lipinski definition) is 3. The van der Waals surface area contributed by atoms with Crippen LogP contribution in [0.4, 0.5) is 4.79 Å². The minimum absolute atomic E-state index is 0.0482. The molecule has 1 aliphatic heterocycles. The molecule has 8 heteroatoms. The number of amides is 2. The summed E-state index contributed by atoms with van der Waals surface area (Å²) in [6, 6.07) is 15.0. The van der Waals surface area contributed by atoms with Gasteiger partial charge in [-0.2, -0.15) is 0 Å². The first-order chi connectivity index (χ1) is 15.8. The van der Waals surface area contributed by atoms with Gasteiger partial charge in [0.05, 0.1) is 6.61 Å². The fourth-order valence-electron chi connectivity index (χ4n) is 4.52. The van der Waals surface area contributed by atoms with Crippen molar-refractivity contribution in [3.8, 4) is 11.1 Å². The van der Waals surface area contributed by atoms with E-state index in [4.69, 9.17) is 9.47 Å². The molecule has 4 rings (SSSR count). The van der Waals surface area contributed by atoms with E-state index >= 15 is 0 Å². The van der Waals surface area contributed by atoms with E-state index in [-0.39, 0.29) is 38.1 Å². The monoisotopic (exact) mass is 452 g/mol. The van der Waals surface area contributed by atoms with Crippen molar-refractivity contribution in [1.29, 1.82) is 0 Å². The van der Waals surface area contributed by atoms with E-state index in [1.807, 2.05) is 36.4 Å². The molecule has 8 nitrogen and oxygen atoms in total. The van der Waals surface area contributed by atoms with Gasteiger partial charge < -0.3 is 25.2 Å². The summed E-state index contributed by atoms with van der Waals surface area (Å²) in [5.41, 5.74) is 3.05. The normalized spacial score (nSPS) is 20.1. The van der Waals surface area contributed by atoms with Gasteiger partial charge in [0, 0.05) is 18.9 Å². The first-order valence-corrected chi connectivity index (χ1v) is 11.1. The third-order valence-electron chi connectivity index (χ3n) is 6.36. The second kappa shape index (κ2) is 9.23. The number of fused-ring (bicyclic) bond motifs is 3. The van der Waals surface area contributed by atoms with Crippen LogP contribution in [-0.4, -0.2) is 54.5 Å². The number of alkyl carbamates (subject to hydrolysis) is 1. The summed E-state index contributed by atoms with van der Waals surface area (Å²) in [4.78, 5) is 37.3. The Kier molecular flexibility index (Phi) is 6.37. The van der Waals surface area contributed by atoms with Crippen LogP contribution in [0.1, 0.15) is 37.3 Å². The highest BCUT2D eigenvalue weighted by Gasteiger charge is 2.46. The van der Waals surface area contributed by atoms with Gasteiger partial charge in [-0.3, -0.25) is 4.79 Å². The van der Waals surface area contributed by atoms with Crippen molar-refractivity contribution >= 4 is 18.0 Å². The smallest absolute Gasteiger partial charge is 0.408 e. The molecule has 1 aliphatic carbocycles. The van der Waals surface area contributed by atoms with E-state index < -0.39 is 29.6 Å². The zero-order chi connectivity index (χ0) is 23.6. The summed E-state index contributed by atoms with van der Waals surface area (Å²) in [5.74, 6) is -2.14. The Bertz CT molecular complexity index is 1010. The lowest BCUT2D eigenvalue weighted by Crippen LogP contribution is -2.62. The summed E-state index contributed by atoms with van der Waals surface area (Å²) in [6.07, 6.45) is -0.512. The number of carboxylic acid groups (broad SMARTS) is 1. The fourth-order valence-corrected chi connectivity index (χ4v) is 4.52. The number of ether oxygens (including phenoxy) is 2. The molecule has 1 fully saturated rings. The highest BCUT2D eigenvalue weighted by molar-refractivity contribution is 5.93. The minimum Gasteiger partial charge on any atom is -0.480 e. The topological polar surface area (TPSA) is 114 Å². The number of hydrogen-bond acceptors (Lipinski definition) is 5. The Labute approximate surface area is 192 Å². The second-order valence-electron chi connectivity index (χ2n) is 8.87. The van der Waals surface area contributed by atoms with Crippen LogP contribution in [0.5, 0.6) is 0 Å². The number of rotatable bonds is 7. The Morgan fingerprint density at radius 3 is 2.21 bits per heavy atom. The number of aliphatic carboxylic acids is 1.